The minimum absolute atomic E-state index is 0.460. The second-order valence-corrected chi connectivity index (χ2v) is 3.21. The maximum atomic E-state index is 5.79. The van der Waals surface area contributed by atoms with Crippen LogP contribution in [0.2, 0.25) is 15.1 Å². The van der Waals surface area contributed by atoms with Gasteiger partial charge in [-0.05, 0) is 17.7 Å². The van der Waals surface area contributed by atoms with E-state index in [-0.39, 0.29) is 0 Å². The summed E-state index contributed by atoms with van der Waals surface area (Å²) in [5.74, 6) is 0. The second-order valence-electron chi connectivity index (χ2n) is 1.99. The Bertz CT molecular complexity index is 292. The molecule has 0 saturated heterocycles. The third-order valence-electron chi connectivity index (χ3n) is 1.26. The Hall–Kier alpha value is -0.170. The Morgan fingerprint density at radius 2 is 1.55 bits per heavy atom. The first-order valence-electron chi connectivity index (χ1n) is 2.92. The van der Waals surface area contributed by atoms with Gasteiger partial charge in [0.15, 0.2) is 0 Å². The van der Waals surface area contributed by atoms with Gasteiger partial charge in [-0.3, -0.25) is 0 Å². The third kappa shape index (κ3) is 1.90. The first-order chi connectivity index (χ1) is 5.15. The molecule has 0 heterocycles. The van der Waals surface area contributed by atoms with E-state index in [4.69, 9.17) is 34.8 Å². The van der Waals surface area contributed by atoms with Gasteiger partial charge < -0.3 is 0 Å². The Morgan fingerprint density at radius 3 is 2.09 bits per heavy atom. The fourth-order valence-electron chi connectivity index (χ4n) is 0.694. The van der Waals surface area contributed by atoms with E-state index in [1.807, 2.05) is 0 Å². The molecule has 0 amide bonds. The highest BCUT2D eigenvalue weighted by molar-refractivity contribution is 6.43. The van der Waals surface area contributed by atoms with E-state index in [2.05, 4.69) is 6.58 Å². The van der Waals surface area contributed by atoms with Crippen molar-refractivity contribution < 1.29 is 0 Å². The quantitative estimate of drug-likeness (QED) is 0.603. The summed E-state index contributed by atoms with van der Waals surface area (Å²) < 4.78 is 0. The smallest absolute Gasteiger partial charge is 0.0607 e. The van der Waals surface area contributed by atoms with E-state index in [0.29, 0.717) is 15.1 Å². The average Bonchev–Trinajstić information content (AvgIpc) is 1.97. The zero-order chi connectivity index (χ0) is 8.43. The molecule has 58 valence electrons. The van der Waals surface area contributed by atoms with Crippen LogP contribution in [-0.2, 0) is 0 Å². The van der Waals surface area contributed by atoms with Crippen molar-refractivity contribution in [3.8, 4) is 0 Å². The van der Waals surface area contributed by atoms with Crippen molar-refractivity contribution in [3.63, 3.8) is 0 Å². The molecule has 0 nitrogen and oxygen atoms in total. The monoisotopic (exact) mass is 206 g/mol. The average molecular weight is 207 g/mol. The number of hydrogen-bond acceptors (Lipinski definition) is 0. The molecule has 0 aliphatic rings. The molecule has 0 spiro atoms. The standard InChI is InChI=1S/C8H5Cl3/c1-2-5-3-7(10)8(11)4-6(5)9/h2-4H,1H2. The lowest BCUT2D eigenvalue weighted by Gasteiger charge is -2.00. The largest absolute Gasteiger partial charge is 0.0984 e. The molecule has 0 saturated carbocycles. The van der Waals surface area contributed by atoms with Gasteiger partial charge in [0.05, 0.1) is 10.0 Å². The summed E-state index contributed by atoms with van der Waals surface area (Å²) >= 11 is 17.2. The maximum absolute atomic E-state index is 5.79. The summed E-state index contributed by atoms with van der Waals surface area (Å²) in [7, 11) is 0. The fraction of sp³-hybridized carbons (Fsp3) is 0. The molecule has 0 aliphatic heterocycles. The van der Waals surface area contributed by atoms with Crippen LogP contribution in [0, 0.1) is 0 Å². The van der Waals surface area contributed by atoms with E-state index < -0.39 is 0 Å². The zero-order valence-electron chi connectivity index (χ0n) is 5.57. The van der Waals surface area contributed by atoms with Crippen LogP contribution in [-0.4, -0.2) is 0 Å². The lowest BCUT2D eigenvalue weighted by Crippen LogP contribution is -1.75. The zero-order valence-corrected chi connectivity index (χ0v) is 7.84. The van der Waals surface area contributed by atoms with Gasteiger partial charge in [-0.2, -0.15) is 0 Å². The highest BCUT2D eigenvalue weighted by Crippen LogP contribution is 2.29. The molecule has 1 rings (SSSR count). The van der Waals surface area contributed by atoms with Gasteiger partial charge in [0.1, 0.15) is 0 Å². The van der Waals surface area contributed by atoms with Crippen molar-refractivity contribution in [2.45, 2.75) is 0 Å². The highest BCUT2D eigenvalue weighted by Gasteiger charge is 2.01. The summed E-state index contributed by atoms with van der Waals surface area (Å²) in [6, 6.07) is 3.28. The van der Waals surface area contributed by atoms with Crippen molar-refractivity contribution in [2.24, 2.45) is 0 Å². The Kier molecular flexibility index (Phi) is 2.83. The summed E-state index contributed by atoms with van der Waals surface area (Å²) in [4.78, 5) is 0. The first kappa shape index (κ1) is 8.92. The van der Waals surface area contributed by atoms with Crippen LogP contribution in [0.25, 0.3) is 6.08 Å². The summed E-state index contributed by atoms with van der Waals surface area (Å²) in [5, 5.41) is 1.52. The van der Waals surface area contributed by atoms with Crippen LogP contribution >= 0.6 is 34.8 Å². The topological polar surface area (TPSA) is 0 Å². The molecule has 1 aromatic rings. The minimum atomic E-state index is 0.460. The van der Waals surface area contributed by atoms with Gasteiger partial charge in [-0.25, -0.2) is 0 Å². The lowest BCUT2D eigenvalue weighted by molar-refractivity contribution is 1.66. The second kappa shape index (κ2) is 3.48. The van der Waals surface area contributed by atoms with Gasteiger partial charge in [-0.1, -0.05) is 47.5 Å². The van der Waals surface area contributed by atoms with E-state index >= 15 is 0 Å². The van der Waals surface area contributed by atoms with Crippen molar-refractivity contribution in [2.75, 3.05) is 0 Å². The molecule has 0 N–H and O–H groups in total. The highest BCUT2D eigenvalue weighted by atomic mass is 35.5. The molecule has 0 aromatic heterocycles. The normalized spacial score (nSPS) is 9.73. The number of rotatable bonds is 1. The number of hydrogen-bond donors (Lipinski definition) is 0. The molecule has 0 fully saturated rings. The molecule has 0 bridgehead atoms. The number of halogens is 3. The van der Waals surface area contributed by atoms with E-state index in [0.717, 1.165) is 5.56 Å². The van der Waals surface area contributed by atoms with Crippen LogP contribution in [0.15, 0.2) is 18.7 Å². The predicted molar refractivity (Wildman–Crippen MR) is 51.6 cm³/mol. The van der Waals surface area contributed by atoms with Crippen LogP contribution in [0.3, 0.4) is 0 Å². The molecule has 11 heavy (non-hydrogen) atoms. The number of benzene rings is 1. The van der Waals surface area contributed by atoms with Crippen molar-refractivity contribution in [1.82, 2.24) is 0 Å². The fourth-order valence-corrected chi connectivity index (χ4v) is 1.33. The minimum Gasteiger partial charge on any atom is -0.0984 e. The molecule has 3 heteroatoms. The molecule has 0 unspecified atom stereocenters. The maximum Gasteiger partial charge on any atom is 0.0607 e. The van der Waals surface area contributed by atoms with Crippen molar-refractivity contribution in [1.29, 1.82) is 0 Å². The van der Waals surface area contributed by atoms with E-state index in [1.54, 1.807) is 18.2 Å². The van der Waals surface area contributed by atoms with Gasteiger partial charge in [-0.15, -0.1) is 0 Å². The van der Waals surface area contributed by atoms with Gasteiger partial charge in [0.2, 0.25) is 0 Å². The molecule has 0 atom stereocenters. The molecule has 1 aromatic carbocycles. The Labute approximate surface area is 80.4 Å². The molecule has 0 radical (unpaired) electrons. The van der Waals surface area contributed by atoms with Gasteiger partial charge in [0.25, 0.3) is 0 Å². The van der Waals surface area contributed by atoms with Crippen LogP contribution in [0.1, 0.15) is 5.56 Å². The van der Waals surface area contributed by atoms with Crippen LogP contribution in [0.4, 0.5) is 0 Å². The van der Waals surface area contributed by atoms with Crippen molar-refractivity contribution in [3.05, 3.63) is 39.3 Å². The lowest BCUT2D eigenvalue weighted by atomic mass is 10.2. The van der Waals surface area contributed by atoms with Gasteiger partial charge in [0, 0.05) is 5.02 Å². The van der Waals surface area contributed by atoms with Crippen molar-refractivity contribution >= 4 is 40.9 Å². The third-order valence-corrected chi connectivity index (χ3v) is 2.31. The molecular formula is C8H5Cl3. The summed E-state index contributed by atoms with van der Waals surface area (Å²) in [6.07, 6.45) is 1.63. The van der Waals surface area contributed by atoms with Crippen LogP contribution in [0.5, 0.6) is 0 Å². The Balaban J connectivity index is 3.31. The molecule has 0 aliphatic carbocycles. The summed E-state index contributed by atoms with van der Waals surface area (Å²) in [5.41, 5.74) is 0.793. The van der Waals surface area contributed by atoms with Gasteiger partial charge >= 0.3 is 0 Å². The van der Waals surface area contributed by atoms with E-state index in [9.17, 15) is 0 Å². The summed E-state index contributed by atoms with van der Waals surface area (Å²) in [6.45, 7) is 3.58. The molecular weight excluding hydrogens is 202 g/mol. The van der Waals surface area contributed by atoms with Crippen LogP contribution < -0.4 is 0 Å². The van der Waals surface area contributed by atoms with E-state index in [1.165, 1.54) is 0 Å². The SMILES string of the molecule is C=Cc1cc(Cl)c(Cl)cc1Cl. The predicted octanol–water partition coefficient (Wildman–Crippen LogP) is 4.29. The Morgan fingerprint density at radius 1 is 1.00 bits per heavy atom. The first-order valence-corrected chi connectivity index (χ1v) is 4.05.